The van der Waals surface area contributed by atoms with Crippen molar-refractivity contribution >= 4 is 0 Å². The van der Waals surface area contributed by atoms with Gasteiger partial charge in [-0.3, -0.25) is 9.58 Å². The second-order valence-electron chi connectivity index (χ2n) is 5.64. The Hall–Kier alpha value is -0.910. The van der Waals surface area contributed by atoms with Gasteiger partial charge in [0.1, 0.15) is 0 Å². The molecule has 2 atom stereocenters. The van der Waals surface area contributed by atoms with E-state index in [9.17, 15) is 0 Å². The summed E-state index contributed by atoms with van der Waals surface area (Å²) in [5, 5.41) is 4.39. The Labute approximate surface area is 115 Å². The number of ether oxygens (including phenoxy) is 2. The Kier molecular flexibility index (Phi) is 4.96. The van der Waals surface area contributed by atoms with Gasteiger partial charge in [0.2, 0.25) is 0 Å². The fourth-order valence-corrected chi connectivity index (χ4v) is 2.55. The van der Waals surface area contributed by atoms with E-state index in [1.807, 2.05) is 10.9 Å². The highest BCUT2D eigenvalue weighted by atomic mass is 16.5. The zero-order valence-electron chi connectivity index (χ0n) is 12.4. The monoisotopic (exact) mass is 267 g/mol. The molecule has 0 N–H and O–H groups in total. The minimum absolute atomic E-state index is 0.175. The molecule has 2 heterocycles. The van der Waals surface area contributed by atoms with Crippen LogP contribution < -0.4 is 0 Å². The molecule has 0 unspecified atom stereocenters. The van der Waals surface area contributed by atoms with Crippen molar-refractivity contribution in [1.82, 2.24) is 14.7 Å². The Balaban J connectivity index is 1.93. The third-order valence-corrected chi connectivity index (χ3v) is 3.34. The first kappa shape index (κ1) is 14.5. The van der Waals surface area contributed by atoms with Crippen LogP contribution in [0, 0.1) is 0 Å². The number of hydrogen-bond donors (Lipinski definition) is 0. The summed E-state index contributed by atoms with van der Waals surface area (Å²) in [7, 11) is 1.72. The van der Waals surface area contributed by atoms with Crippen molar-refractivity contribution in [2.75, 3.05) is 26.8 Å². The third-order valence-electron chi connectivity index (χ3n) is 3.34. The minimum atomic E-state index is 0.175. The lowest BCUT2D eigenvalue weighted by Crippen LogP contribution is -2.47. The first-order chi connectivity index (χ1) is 9.08. The molecular weight excluding hydrogens is 242 g/mol. The molecule has 1 aromatic heterocycles. The molecule has 108 valence electrons. The van der Waals surface area contributed by atoms with Crippen LogP contribution in [0.25, 0.3) is 0 Å². The molecule has 0 radical (unpaired) electrons. The Morgan fingerprint density at radius 3 is 2.89 bits per heavy atom. The summed E-state index contributed by atoms with van der Waals surface area (Å²) in [6, 6.07) is 0.415. The van der Waals surface area contributed by atoms with Crippen LogP contribution >= 0.6 is 0 Å². The smallest absolute Gasteiger partial charge is 0.0939 e. The predicted octanol–water partition coefficient (Wildman–Crippen LogP) is 1.70. The van der Waals surface area contributed by atoms with Gasteiger partial charge in [0.25, 0.3) is 0 Å². The molecule has 0 aliphatic carbocycles. The maximum Gasteiger partial charge on any atom is 0.0939 e. The second-order valence-corrected chi connectivity index (χ2v) is 5.64. The van der Waals surface area contributed by atoms with Crippen LogP contribution in [0.5, 0.6) is 0 Å². The van der Waals surface area contributed by atoms with Gasteiger partial charge in [-0.15, -0.1) is 0 Å². The highest BCUT2D eigenvalue weighted by molar-refractivity contribution is 5.04. The van der Waals surface area contributed by atoms with Gasteiger partial charge in [0.05, 0.1) is 25.0 Å². The molecule has 0 bridgehead atoms. The molecule has 2 rings (SSSR count). The lowest BCUT2D eigenvalue weighted by Gasteiger charge is -2.36. The largest absolute Gasteiger partial charge is 0.382 e. The van der Waals surface area contributed by atoms with Gasteiger partial charge >= 0.3 is 0 Å². The van der Waals surface area contributed by atoms with Crippen molar-refractivity contribution in [3.63, 3.8) is 0 Å². The van der Waals surface area contributed by atoms with Crippen molar-refractivity contribution in [3.8, 4) is 0 Å². The molecule has 0 aromatic carbocycles. The summed E-state index contributed by atoms with van der Waals surface area (Å²) in [6.07, 6.45) is 4.53. The number of aromatic nitrogens is 2. The normalized spacial score (nSPS) is 25.1. The van der Waals surface area contributed by atoms with Gasteiger partial charge in [0, 0.05) is 44.5 Å². The molecule has 1 saturated heterocycles. The molecule has 1 aromatic rings. The quantitative estimate of drug-likeness (QED) is 0.814. The Bertz CT molecular complexity index is 392. The lowest BCUT2D eigenvalue weighted by molar-refractivity contribution is -0.103. The van der Waals surface area contributed by atoms with Crippen LogP contribution in [-0.4, -0.2) is 53.7 Å². The topological polar surface area (TPSA) is 39.5 Å². The van der Waals surface area contributed by atoms with Crippen molar-refractivity contribution in [2.24, 2.45) is 0 Å². The molecule has 0 spiro atoms. The van der Waals surface area contributed by atoms with E-state index in [1.54, 1.807) is 7.11 Å². The summed E-state index contributed by atoms with van der Waals surface area (Å²) >= 11 is 0. The summed E-state index contributed by atoms with van der Waals surface area (Å²) < 4.78 is 13.1. The zero-order valence-corrected chi connectivity index (χ0v) is 12.4. The molecule has 1 fully saturated rings. The number of methoxy groups -OCH3 is 1. The van der Waals surface area contributed by atoms with Crippen molar-refractivity contribution in [2.45, 2.75) is 45.6 Å². The molecule has 1 aliphatic heterocycles. The van der Waals surface area contributed by atoms with Gasteiger partial charge in [-0.05, 0) is 20.8 Å². The summed E-state index contributed by atoms with van der Waals surface area (Å²) in [5.41, 5.74) is 1.26. The predicted molar refractivity (Wildman–Crippen MR) is 74.1 cm³/mol. The summed E-state index contributed by atoms with van der Waals surface area (Å²) in [4.78, 5) is 2.42. The molecule has 0 amide bonds. The first-order valence-corrected chi connectivity index (χ1v) is 6.98. The van der Waals surface area contributed by atoms with E-state index in [4.69, 9.17) is 9.47 Å². The van der Waals surface area contributed by atoms with Gasteiger partial charge in [-0.1, -0.05) is 0 Å². The van der Waals surface area contributed by atoms with Gasteiger partial charge in [-0.2, -0.15) is 5.10 Å². The maximum absolute atomic E-state index is 5.85. The number of rotatable bonds is 5. The number of nitrogens with zero attached hydrogens (tertiary/aromatic N) is 3. The highest BCUT2D eigenvalue weighted by Crippen LogP contribution is 2.15. The van der Waals surface area contributed by atoms with E-state index in [0.29, 0.717) is 12.6 Å². The van der Waals surface area contributed by atoms with Crippen LogP contribution in [0.3, 0.4) is 0 Å². The van der Waals surface area contributed by atoms with Crippen molar-refractivity contribution in [1.29, 1.82) is 0 Å². The molecule has 19 heavy (non-hydrogen) atoms. The molecule has 1 aliphatic rings. The SMILES string of the molecule is COC[C@@H]1CN(Cc2cnn(C(C)C)c2)C[C@@H](C)O1. The standard InChI is InChI=1S/C14H25N3O2/c1-11(2)17-8-13(5-15-17)7-16-6-12(3)19-14(9-16)10-18-4/h5,8,11-12,14H,6-7,9-10H2,1-4H3/t12-,14+/m1/s1. The van der Waals surface area contributed by atoms with E-state index in [1.165, 1.54) is 5.56 Å². The van der Waals surface area contributed by atoms with Gasteiger partial charge < -0.3 is 9.47 Å². The van der Waals surface area contributed by atoms with E-state index in [2.05, 4.69) is 37.0 Å². The second kappa shape index (κ2) is 6.50. The van der Waals surface area contributed by atoms with Crippen LogP contribution in [0.4, 0.5) is 0 Å². The van der Waals surface area contributed by atoms with Gasteiger partial charge in [-0.25, -0.2) is 0 Å². The van der Waals surface area contributed by atoms with E-state index in [0.717, 1.165) is 19.6 Å². The molecule has 5 heteroatoms. The summed E-state index contributed by atoms with van der Waals surface area (Å²) in [6.45, 7) is 9.88. The molecule has 5 nitrogen and oxygen atoms in total. The minimum Gasteiger partial charge on any atom is -0.382 e. The number of morpholine rings is 1. The van der Waals surface area contributed by atoms with Crippen LogP contribution in [0.2, 0.25) is 0 Å². The van der Waals surface area contributed by atoms with Crippen LogP contribution in [0.1, 0.15) is 32.4 Å². The van der Waals surface area contributed by atoms with Crippen molar-refractivity contribution < 1.29 is 9.47 Å². The average molecular weight is 267 g/mol. The fraction of sp³-hybridized carbons (Fsp3) is 0.786. The van der Waals surface area contributed by atoms with Crippen LogP contribution in [-0.2, 0) is 16.0 Å². The number of hydrogen-bond acceptors (Lipinski definition) is 4. The maximum atomic E-state index is 5.85. The highest BCUT2D eigenvalue weighted by Gasteiger charge is 2.25. The van der Waals surface area contributed by atoms with Crippen LogP contribution in [0.15, 0.2) is 12.4 Å². The molecule has 0 saturated carbocycles. The van der Waals surface area contributed by atoms with E-state index in [-0.39, 0.29) is 12.2 Å². The van der Waals surface area contributed by atoms with Gasteiger partial charge in [0.15, 0.2) is 0 Å². The fourth-order valence-electron chi connectivity index (χ4n) is 2.55. The summed E-state index contributed by atoms with van der Waals surface area (Å²) in [5.74, 6) is 0. The van der Waals surface area contributed by atoms with Crippen molar-refractivity contribution in [3.05, 3.63) is 18.0 Å². The lowest BCUT2D eigenvalue weighted by atomic mass is 10.2. The first-order valence-electron chi connectivity index (χ1n) is 6.98. The Morgan fingerprint density at radius 1 is 1.47 bits per heavy atom. The average Bonchev–Trinajstić information content (AvgIpc) is 2.77. The van der Waals surface area contributed by atoms with E-state index < -0.39 is 0 Å². The molecular formula is C14H25N3O2. The Morgan fingerprint density at radius 2 is 2.26 bits per heavy atom. The third kappa shape index (κ3) is 4.03. The van der Waals surface area contributed by atoms with E-state index >= 15 is 0 Å². The zero-order chi connectivity index (χ0) is 13.8.